The molecule has 0 aliphatic heterocycles. The van der Waals surface area contributed by atoms with E-state index in [-0.39, 0.29) is 44.6 Å². The van der Waals surface area contributed by atoms with Crippen LogP contribution in [0.15, 0.2) is 0 Å². The Balaban J connectivity index is -0.00000392. The second-order valence-corrected chi connectivity index (χ2v) is 10.7. The molecule has 0 radical (unpaired) electrons. The van der Waals surface area contributed by atoms with Crippen LogP contribution >= 0.6 is 0 Å². The fourth-order valence-electron chi connectivity index (χ4n) is 3.81. The van der Waals surface area contributed by atoms with Gasteiger partial charge in [0, 0.05) is 0 Å². The fraction of sp³-hybridized carbons (Fsp3) is 1.00. The van der Waals surface area contributed by atoms with Gasteiger partial charge in [-0.05, 0) is 0 Å². The zero-order valence-electron chi connectivity index (χ0n) is 21.4. The second kappa shape index (κ2) is 33.4. The zero-order valence-corrected chi connectivity index (χ0v) is 24.4. The minimum Gasteiger partial charge on any atom is -1.00 e. The molecule has 0 fully saturated rings. The molecule has 0 rings (SSSR count). The van der Waals surface area contributed by atoms with Crippen LogP contribution in [0.3, 0.4) is 0 Å². The van der Waals surface area contributed by atoms with Gasteiger partial charge in [0.25, 0.3) is 0 Å². The zero-order chi connectivity index (χ0) is 21.3. The Hall–Kier alpha value is 1.21. The van der Waals surface area contributed by atoms with E-state index in [1.54, 1.807) is 0 Å². The maximum atomic E-state index is 6.14. The molecule has 0 unspecified atom stereocenters. The SMILES string of the molecule is CCCCCCCCCC[N](CCCCCCCCCC)[Ti+2][O]CCCCCC.[Cl-].[Cl-]. The van der Waals surface area contributed by atoms with Crippen LogP contribution < -0.4 is 24.8 Å². The molecule has 0 saturated carbocycles. The third-order valence-electron chi connectivity index (χ3n) is 5.86. The monoisotopic (exact) mass is 515 g/mol. The van der Waals surface area contributed by atoms with Crippen molar-refractivity contribution in [2.45, 2.75) is 149 Å². The van der Waals surface area contributed by atoms with Gasteiger partial charge in [-0.25, -0.2) is 0 Å². The largest absolute Gasteiger partial charge is 1.00 e. The maximum Gasteiger partial charge on any atom is -1.00 e. The van der Waals surface area contributed by atoms with Crippen molar-refractivity contribution in [1.29, 1.82) is 0 Å². The third-order valence-corrected chi connectivity index (χ3v) is 7.48. The van der Waals surface area contributed by atoms with Crippen LogP contribution in [-0.4, -0.2) is 23.1 Å². The Kier molecular flexibility index (Phi) is 39.6. The van der Waals surface area contributed by atoms with Crippen LogP contribution in [0.25, 0.3) is 0 Å². The number of halogens is 2. The summed E-state index contributed by atoms with van der Waals surface area (Å²) in [5.74, 6) is 0. The van der Waals surface area contributed by atoms with Gasteiger partial charge >= 0.3 is 195 Å². The molecule has 2 nitrogen and oxygen atoms in total. The first-order chi connectivity index (χ1) is 14.3. The molecule has 0 amide bonds. The second-order valence-electron chi connectivity index (χ2n) is 8.94. The van der Waals surface area contributed by atoms with Gasteiger partial charge in [-0.15, -0.1) is 0 Å². The van der Waals surface area contributed by atoms with E-state index in [9.17, 15) is 0 Å². The summed E-state index contributed by atoms with van der Waals surface area (Å²) in [7, 11) is 0. The molecule has 31 heavy (non-hydrogen) atoms. The Morgan fingerprint density at radius 1 is 0.452 bits per heavy atom. The molecule has 0 spiro atoms. The van der Waals surface area contributed by atoms with E-state index in [0.717, 1.165) is 6.61 Å². The van der Waals surface area contributed by atoms with Crippen molar-refractivity contribution in [2.75, 3.05) is 19.7 Å². The molecular weight excluding hydrogens is 461 g/mol. The van der Waals surface area contributed by atoms with Gasteiger partial charge in [-0.1, -0.05) is 0 Å². The third kappa shape index (κ3) is 31.2. The van der Waals surface area contributed by atoms with E-state index >= 15 is 0 Å². The summed E-state index contributed by atoms with van der Waals surface area (Å²) in [4.78, 5) is 0. The summed E-state index contributed by atoms with van der Waals surface area (Å²) < 4.78 is 8.85. The van der Waals surface area contributed by atoms with Crippen LogP contribution in [0.5, 0.6) is 0 Å². The Labute approximate surface area is 219 Å². The van der Waals surface area contributed by atoms with Crippen molar-refractivity contribution < 1.29 is 47.9 Å². The summed E-state index contributed by atoms with van der Waals surface area (Å²) in [6, 6.07) is 0. The Morgan fingerprint density at radius 3 is 1.16 bits per heavy atom. The number of rotatable bonds is 25. The van der Waals surface area contributed by atoms with Gasteiger partial charge in [0.1, 0.15) is 0 Å². The molecule has 0 N–H and O–H groups in total. The molecule has 0 aliphatic carbocycles. The maximum absolute atomic E-state index is 6.14. The van der Waals surface area contributed by atoms with Crippen LogP contribution in [-0.2, 0) is 23.1 Å². The first kappa shape index (κ1) is 36.8. The van der Waals surface area contributed by atoms with Crippen molar-refractivity contribution >= 4 is 0 Å². The van der Waals surface area contributed by atoms with Crippen molar-refractivity contribution in [3.63, 3.8) is 0 Å². The van der Waals surface area contributed by atoms with Gasteiger partial charge < -0.3 is 24.8 Å². The van der Waals surface area contributed by atoms with Gasteiger partial charge in [0.15, 0.2) is 0 Å². The average molecular weight is 517 g/mol. The van der Waals surface area contributed by atoms with Gasteiger partial charge in [-0.2, -0.15) is 0 Å². The standard InChI is InChI=1S/C20H42N.C6H13O.2ClH.Ti/c1-3-5-7-9-11-13-15-17-19-21-20-18-16-14-12-10-8-6-4-2;1-2-3-4-5-6-7;;;/h3-20H2,1-2H3;2-6H2,1H3;2*1H;/q2*-1;;;+4/p-2. The van der Waals surface area contributed by atoms with Crippen molar-refractivity contribution in [3.8, 4) is 0 Å². The molecule has 5 heteroatoms. The quantitative estimate of drug-likeness (QED) is 0.137. The minimum atomic E-state index is -0.343. The first-order valence-corrected chi connectivity index (χ1v) is 14.8. The van der Waals surface area contributed by atoms with E-state index in [0.29, 0.717) is 0 Å². The first-order valence-electron chi connectivity index (χ1n) is 13.5. The normalized spacial score (nSPS) is 10.6. The number of nitrogens with zero attached hydrogens (tertiary/aromatic N) is 1. The Morgan fingerprint density at radius 2 is 0.774 bits per heavy atom. The average Bonchev–Trinajstić information content (AvgIpc) is 2.73. The predicted molar refractivity (Wildman–Crippen MR) is 127 cm³/mol. The van der Waals surface area contributed by atoms with Crippen molar-refractivity contribution in [1.82, 2.24) is 3.38 Å². The van der Waals surface area contributed by atoms with Crippen molar-refractivity contribution in [2.24, 2.45) is 0 Å². The van der Waals surface area contributed by atoms with E-state index in [1.807, 2.05) is 0 Å². The van der Waals surface area contributed by atoms with Crippen LogP contribution in [0.2, 0.25) is 0 Å². The molecule has 0 aromatic carbocycles. The number of unbranched alkanes of at least 4 members (excludes halogenated alkanes) is 17. The van der Waals surface area contributed by atoms with Crippen molar-refractivity contribution in [3.05, 3.63) is 0 Å². The molecule has 0 aromatic heterocycles. The number of hydrogen-bond donors (Lipinski definition) is 0. The minimum absolute atomic E-state index is 0. The summed E-state index contributed by atoms with van der Waals surface area (Å²) in [6.45, 7) is 10.5. The van der Waals surface area contributed by atoms with Gasteiger partial charge in [0.2, 0.25) is 0 Å². The van der Waals surface area contributed by atoms with E-state index in [2.05, 4.69) is 24.2 Å². The molecule has 0 bridgehead atoms. The molecule has 0 aliphatic rings. The fourth-order valence-corrected chi connectivity index (χ4v) is 5.25. The molecule has 0 aromatic rings. The van der Waals surface area contributed by atoms with Gasteiger partial charge in [-0.3, -0.25) is 0 Å². The molecule has 188 valence electrons. The predicted octanol–water partition coefficient (Wildman–Crippen LogP) is 3.09. The topological polar surface area (TPSA) is 12.5 Å². The summed E-state index contributed by atoms with van der Waals surface area (Å²) in [5.41, 5.74) is 0. The molecule has 0 heterocycles. The molecule has 0 atom stereocenters. The van der Waals surface area contributed by atoms with Crippen LogP contribution in [0, 0.1) is 0 Å². The van der Waals surface area contributed by atoms with E-state index < -0.39 is 0 Å². The van der Waals surface area contributed by atoms with Crippen LogP contribution in [0.1, 0.15) is 149 Å². The van der Waals surface area contributed by atoms with E-state index in [4.69, 9.17) is 3.32 Å². The van der Waals surface area contributed by atoms with Crippen LogP contribution in [0.4, 0.5) is 0 Å². The van der Waals surface area contributed by atoms with E-state index in [1.165, 1.54) is 142 Å². The summed E-state index contributed by atoms with van der Waals surface area (Å²) >= 11 is -0.343. The molecular formula is C26H55Cl2NOTi. The Bertz CT molecular complexity index is 279. The smallest absolute Gasteiger partial charge is 1.00 e. The molecule has 0 saturated heterocycles. The summed E-state index contributed by atoms with van der Waals surface area (Å²) in [5, 5.41) is 0. The summed E-state index contributed by atoms with van der Waals surface area (Å²) in [6.07, 6.45) is 28.0. The number of hydrogen-bond acceptors (Lipinski definition) is 2. The van der Waals surface area contributed by atoms with Gasteiger partial charge in [0.05, 0.1) is 0 Å².